The molecule has 106 valence electrons. The largest absolute Gasteiger partial charge is 0.634 e. The molecule has 2 rings (SSSR count). The van der Waals surface area contributed by atoms with Crippen molar-refractivity contribution in [2.24, 2.45) is 5.92 Å². The van der Waals surface area contributed by atoms with Crippen molar-refractivity contribution in [3.63, 3.8) is 0 Å². The lowest BCUT2D eigenvalue weighted by atomic mass is 9.95. The van der Waals surface area contributed by atoms with E-state index in [1.54, 1.807) is 0 Å². The van der Waals surface area contributed by atoms with Crippen LogP contribution in [0.15, 0.2) is 59.1 Å². The third-order valence-electron chi connectivity index (χ3n) is 3.48. The Morgan fingerprint density at radius 1 is 1.00 bits per heavy atom. The van der Waals surface area contributed by atoms with Crippen molar-refractivity contribution < 1.29 is 5.06 Å². The fraction of sp³-hybridized carbons (Fsp3) is 0.294. The Labute approximate surface area is 129 Å². The minimum Gasteiger partial charge on any atom is -0.634 e. The van der Waals surface area contributed by atoms with Crippen molar-refractivity contribution in [3.8, 4) is 0 Å². The highest BCUT2D eigenvalue weighted by atomic mass is 79.9. The van der Waals surface area contributed by atoms with Crippen molar-refractivity contribution >= 4 is 15.9 Å². The van der Waals surface area contributed by atoms with Gasteiger partial charge >= 0.3 is 0 Å². The third kappa shape index (κ3) is 3.69. The van der Waals surface area contributed by atoms with Gasteiger partial charge in [-0.15, -0.1) is 0 Å². The molecule has 2 nitrogen and oxygen atoms in total. The highest BCUT2D eigenvalue weighted by Crippen LogP contribution is 2.26. The van der Waals surface area contributed by atoms with Crippen LogP contribution in [0.2, 0.25) is 0 Å². The molecule has 0 saturated heterocycles. The lowest BCUT2D eigenvalue weighted by Crippen LogP contribution is -3.06. The number of quaternary nitrogens is 1. The van der Waals surface area contributed by atoms with E-state index in [0.29, 0.717) is 6.54 Å². The molecule has 2 aromatic carbocycles. The van der Waals surface area contributed by atoms with E-state index in [4.69, 9.17) is 0 Å². The molecule has 3 heteroatoms. The van der Waals surface area contributed by atoms with Gasteiger partial charge in [0.05, 0.1) is 0 Å². The minimum absolute atomic E-state index is 0.0641. The maximum Gasteiger partial charge on any atom is 0.116 e. The second kappa shape index (κ2) is 7.02. The van der Waals surface area contributed by atoms with Gasteiger partial charge in [0.15, 0.2) is 0 Å². The first kappa shape index (κ1) is 15.2. The fourth-order valence-corrected chi connectivity index (χ4v) is 3.07. The van der Waals surface area contributed by atoms with Crippen molar-refractivity contribution in [2.75, 3.05) is 0 Å². The maximum absolute atomic E-state index is 12.7. The quantitative estimate of drug-likeness (QED) is 0.829. The average molecular weight is 334 g/mol. The van der Waals surface area contributed by atoms with Gasteiger partial charge in [0.1, 0.15) is 12.6 Å². The predicted octanol–water partition coefficient (Wildman–Crippen LogP) is 3.73. The van der Waals surface area contributed by atoms with Crippen LogP contribution in [0.4, 0.5) is 0 Å². The Morgan fingerprint density at radius 2 is 1.60 bits per heavy atom. The number of benzene rings is 2. The minimum atomic E-state index is -0.0641. The summed E-state index contributed by atoms with van der Waals surface area (Å²) in [6.45, 7) is 4.70. The Morgan fingerprint density at radius 3 is 2.20 bits per heavy atom. The summed E-state index contributed by atoms with van der Waals surface area (Å²) in [5.41, 5.74) is 2.17. The van der Waals surface area contributed by atoms with Gasteiger partial charge in [0.25, 0.3) is 0 Å². The molecule has 1 N–H and O–H groups in total. The average Bonchev–Trinajstić information content (AvgIpc) is 2.42. The van der Waals surface area contributed by atoms with E-state index < -0.39 is 0 Å². The topological polar surface area (TPSA) is 27.5 Å². The van der Waals surface area contributed by atoms with Crippen LogP contribution in [0.3, 0.4) is 0 Å². The number of hydroxylamine groups is 2. The lowest BCUT2D eigenvalue weighted by molar-refractivity contribution is -0.900. The van der Waals surface area contributed by atoms with E-state index in [1.807, 2.05) is 54.6 Å². The number of nitrogens with one attached hydrogen (secondary N) is 1. The van der Waals surface area contributed by atoms with Gasteiger partial charge in [0.2, 0.25) is 0 Å². The number of rotatable bonds is 5. The van der Waals surface area contributed by atoms with Gasteiger partial charge in [-0.2, -0.15) is 0 Å². The van der Waals surface area contributed by atoms with E-state index >= 15 is 0 Å². The zero-order valence-corrected chi connectivity index (χ0v) is 13.4. The maximum atomic E-state index is 12.7. The highest BCUT2D eigenvalue weighted by Gasteiger charge is 2.24. The van der Waals surface area contributed by atoms with Gasteiger partial charge in [-0.3, -0.25) is 0 Å². The van der Waals surface area contributed by atoms with E-state index in [9.17, 15) is 5.21 Å². The van der Waals surface area contributed by atoms with E-state index in [0.717, 1.165) is 15.6 Å². The Balaban J connectivity index is 2.23. The lowest BCUT2D eigenvalue weighted by Gasteiger charge is -2.35. The molecule has 2 atom stereocenters. The fourth-order valence-electron chi connectivity index (χ4n) is 2.54. The van der Waals surface area contributed by atoms with Gasteiger partial charge in [-0.1, -0.05) is 78.3 Å². The molecule has 20 heavy (non-hydrogen) atoms. The predicted molar refractivity (Wildman–Crippen MR) is 86.2 cm³/mol. The smallest absolute Gasteiger partial charge is 0.116 e. The summed E-state index contributed by atoms with van der Waals surface area (Å²) < 4.78 is 1.01. The van der Waals surface area contributed by atoms with Crippen LogP contribution < -0.4 is 5.06 Å². The molecule has 0 radical (unpaired) electrons. The number of hydrogen-bond donors (Lipinski definition) is 1. The van der Waals surface area contributed by atoms with Crippen LogP contribution in [0, 0.1) is 11.1 Å². The molecule has 0 saturated carbocycles. The van der Waals surface area contributed by atoms with Gasteiger partial charge in [-0.05, 0) is 6.07 Å². The van der Waals surface area contributed by atoms with E-state index in [1.165, 1.54) is 0 Å². The molecular formula is C17H20BrNO. The standard InChI is InChI=1S/C17H20BrNO/c1-13(2)17(15-10-6-7-11-16(15)18)19(20)12-14-8-4-3-5-9-14/h3-11,13,17,19H,12H2,1-2H3. The van der Waals surface area contributed by atoms with Crippen molar-refractivity contribution in [1.82, 2.24) is 0 Å². The molecule has 0 amide bonds. The second-order valence-corrected chi connectivity index (χ2v) is 6.23. The first-order chi connectivity index (χ1) is 9.59. The van der Waals surface area contributed by atoms with Crippen LogP contribution in [-0.2, 0) is 6.54 Å². The van der Waals surface area contributed by atoms with Crippen LogP contribution >= 0.6 is 15.9 Å². The zero-order valence-electron chi connectivity index (χ0n) is 11.8. The molecule has 0 aliphatic carbocycles. The summed E-state index contributed by atoms with van der Waals surface area (Å²) >= 11 is 3.57. The molecule has 0 aliphatic rings. The number of halogens is 1. The van der Waals surface area contributed by atoms with Gasteiger partial charge in [-0.25, -0.2) is 0 Å². The number of hydrogen-bond acceptors (Lipinski definition) is 1. The molecule has 0 aliphatic heterocycles. The summed E-state index contributed by atoms with van der Waals surface area (Å²) in [5, 5.41) is 13.0. The summed E-state index contributed by atoms with van der Waals surface area (Å²) in [4.78, 5) is 0. The van der Waals surface area contributed by atoms with E-state index in [2.05, 4.69) is 29.8 Å². The van der Waals surface area contributed by atoms with Crippen LogP contribution in [0.5, 0.6) is 0 Å². The van der Waals surface area contributed by atoms with Crippen LogP contribution in [0.1, 0.15) is 31.0 Å². The van der Waals surface area contributed by atoms with Crippen LogP contribution in [0.25, 0.3) is 0 Å². The summed E-state index contributed by atoms with van der Waals surface area (Å²) in [6, 6.07) is 17.9. The van der Waals surface area contributed by atoms with E-state index in [-0.39, 0.29) is 17.0 Å². The van der Waals surface area contributed by atoms with Crippen molar-refractivity contribution in [2.45, 2.75) is 26.4 Å². The summed E-state index contributed by atoms with van der Waals surface area (Å²) in [5.74, 6) is 0.282. The Hall–Kier alpha value is -1.16. The van der Waals surface area contributed by atoms with Crippen LogP contribution in [-0.4, -0.2) is 0 Å². The summed E-state index contributed by atoms with van der Waals surface area (Å²) in [7, 11) is 0. The molecule has 2 unspecified atom stereocenters. The van der Waals surface area contributed by atoms with Crippen molar-refractivity contribution in [3.05, 3.63) is 75.4 Å². The molecular weight excluding hydrogens is 314 g/mol. The van der Waals surface area contributed by atoms with Gasteiger partial charge < -0.3 is 10.3 Å². The first-order valence-electron chi connectivity index (χ1n) is 6.90. The third-order valence-corrected chi connectivity index (χ3v) is 4.20. The van der Waals surface area contributed by atoms with Crippen molar-refractivity contribution in [1.29, 1.82) is 0 Å². The SMILES string of the molecule is CC(C)C(c1ccccc1Br)[NH+]([O-])Cc1ccccc1. The first-order valence-corrected chi connectivity index (χ1v) is 7.70. The molecule has 0 spiro atoms. The summed E-state index contributed by atoms with van der Waals surface area (Å²) in [6.07, 6.45) is 0. The van der Waals surface area contributed by atoms with Gasteiger partial charge in [0, 0.05) is 21.5 Å². The normalized spacial score (nSPS) is 14.2. The Bertz CT molecular complexity index is 542. The monoisotopic (exact) mass is 333 g/mol. The second-order valence-electron chi connectivity index (χ2n) is 5.37. The highest BCUT2D eigenvalue weighted by molar-refractivity contribution is 9.10. The molecule has 0 aromatic heterocycles. The molecule has 2 aromatic rings. The molecule has 0 fully saturated rings. The Kier molecular flexibility index (Phi) is 5.35. The molecule has 0 heterocycles. The zero-order chi connectivity index (χ0) is 14.5. The molecule has 0 bridgehead atoms.